The largest absolute Gasteiger partial charge is 0.480 e. The minimum Gasteiger partial charge on any atom is -0.480 e. The molecular weight excluding hydrogens is 222 g/mol. The summed E-state index contributed by atoms with van der Waals surface area (Å²) in [5.74, 6) is -3.08. The van der Waals surface area contributed by atoms with Gasteiger partial charge in [-0.3, -0.25) is 14.5 Å². The average Bonchev–Trinajstić information content (AvgIpc) is 2.23. The Hall–Kier alpha value is -1.12. The van der Waals surface area contributed by atoms with Crippen molar-refractivity contribution in [2.45, 2.75) is 6.04 Å². The maximum atomic E-state index is 11.2. The number of rotatable bonds is 5. The number of carboxylic acid groups (broad SMARTS) is 1. The van der Waals surface area contributed by atoms with Gasteiger partial charge >= 0.3 is 5.97 Å². The summed E-state index contributed by atoms with van der Waals surface area (Å²) >= 11 is 3.75. The van der Waals surface area contributed by atoms with Crippen LogP contribution in [0.5, 0.6) is 0 Å². The molecule has 0 fully saturated rings. The molecule has 0 aliphatic heterocycles. The van der Waals surface area contributed by atoms with Crippen LogP contribution in [0.25, 0.3) is 0 Å². The summed E-state index contributed by atoms with van der Waals surface area (Å²) < 4.78 is 0. The van der Waals surface area contributed by atoms with Crippen molar-refractivity contribution in [3.8, 4) is 0 Å². The summed E-state index contributed by atoms with van der Waals surface area (Å²) in [7, 11) is 0. The van der Waals surface area contributed by atoms with E-state index in [2.05, 4.69) is 12.6 Å². The van der Waals surface area contributed by atoms with E-state index in [1.54, 1.807) is 0 Å². The van der Waals surface area contributed by atoms with Crippen molar-refractivity contribution in [3.63, 3.8) is 0 Å². The molecule has 0 aromatic heterocycles. The monoisotopic (exact) mass is 235 g/mol. The molecule has 0 aromatic rings. The first-order chi connectivity index (χ1) is 6.99. The van der Waals surface area contributed by atoms with E-state index in [4.69, 9.17) is 16.6 Å². The fourth-order valence-electron chi connectivity index (χ4n) is 0.954. The fraction of sp³-hybridized carbons (Fsp3) is 0.571. The molecule has 0 bridgehead atoms. The number of hydrogen-bond donors (Lipinski definition) is 4. The van der Waals surface area contributed by atoms with Gasteiger partial charge in [0.2, 0.25) is 11.8 Å². The molecule has 86 valence electrons. The van der Waals surface area contributed by atoms with Crippen molar-refractivity contribution in [1.29, 1.82) is 0 Å². The molecule has 0 aromatic carbocycles. The lowest BCUT2D eigenvalue weighted by atomic mass is 10.2. The molecule has 0 radical (unpaired) electrons. The van der Waals surface area contributed by atoms with E-state index in [-0.39, 0.29) is 5.75 Å². The summed E-state index contributed by atoms with van der Waals surface area (Å²) in [6.07, 6.45) is 0. The van der Waals surface area contributed by atoms with Crippen LogP contribution in [0.4, 0.5) is 0 Å². The minimum atomic E-state index is -1.33. The second kappa shape index (κ2) is 6.38. The van der Waals surface area contributed by atoms with Crippen molar-refractivity contribution in [2.24, 2.45) is 11.5 Å². The van der Waals surface area contributed by atoms with Crippen LogP contribution in [0, 0.1) is 0 Å². The van der Waals surface area contributed by atoms with E-state index in [1.807, 2.05) is 0 Å². The molecule has 8 heteroatoms. The highest BCUT2D eigenvalue weighted by Gasteiger charge is 2.32. The summed E-state index contributed by atoms with van der Waals surface area (Å²) in [6, 6.07) is -1.33. The van der Waals surface area contributed by atoms with Crippen LogP contribution in [-0.2, 0) is 14.4 Å². The summed E-state index contributed by atoms with van der Waals surface area (Å²) in [5, 5.41) is 8.76. The van der Waals surface area contributed by atoms with Gasteiger partial charge < -0.3 is 16.6 Å². The third-order valence-corrected chi connectivity index (χ3v) is 2.00. The molecule has 1 atom stereocenters. The van der Waals surface area contributed by atoms with Crippen LogP contribution in [0.3, 0.4) is 0 Å². The maximum absolute atomic E-state index is 11.2. The Labute approximate surface area is 91.8 Å². The second-order valence-electron chi connectivity index (χ2n) is 2.60. The molecular formula is C7H13N3O4S. The molecule has 1 unspecified atom stereocenters. The van der Waals surface area contributed by atoms with Crippen molar-refractivity contribution < 1.29 is 19.5 Å². The zero-order chi connectivity index (χ0) is 12.0. The molecule has 0 aliphatic rings. The number of nitrogens with two attached hydrogens (primary N) is 2. The highest BCUT2D eigenvalue weighted by atomic mass is 32.1. The number of aliphatic carboxylic acids is 1. The van der Waals surface area contributed by atoms with Gasteiger partial charge in [-0.1, -0.05) is 0 Å². The van der Waals surface area contributed by atoms with E-state index in [1.165, 1.54) is 0 Å². The fourth-order valence-corrected chi connectivity index (χ4v) is 1.27. The van der Waals surface area contributed by atoms with Crippen molar-refractivity contribution in [1.82, 2.24) is 4.90 Å². The standard InChI is InChI=1S/C7H13N3O4S/c8-1-5(11)10(6(12)2-9)4(3-15)7(13)14/h4,15H,1-3,8-9H2,(H,13,14). The molecule has 5 N–H and O–H groups in total. The second-order valence-corrected chi connectivity index (χ2v) is 2.97. The molecule has 7 nitrogen and oxygen atoms in total. The number of imide groups is 1. The SMILES string of the molecule is NCC(=O)N(C(=O)CN)C(CS)C(=O)O. The third-order valence-electron chi connectivity index (χ3n) is 1.66. The zero-order valence-electron chi connectivity index (χ0n) is 7.92. The van der Waals surface area contributed by atoms with Crippen LogP contribution < -0.4 is 11.5 Å². The third kappa shape index (κ3) is 3.50. The molecule has 0 spiro atoms. The number of carbonyl (C=O) groups is 3. The lowest BCUT2D eigenvalue weighted by Crippen LogP contribution is -2.53. The van der Waals surface area contributed by atoms with Crippen molar-refractivity contribution in [3.05, 3.63) is 0 Å². The van der Waals surface area contributed by atoms with Crippen LogP contribution in [-0.4, -0.2) is 52.7 Å². The number of carbonyl (C=O) groups excluding carboxylic acids is 2. The number of hydrogen-bond acceptors (Lipinski definition) is 6. The van der Waals surface area contributed by atoms with Crippen LogP contribution >= 0.6 is 12.6 Å². The van der Waals surface area contributed by atoms with Crippen molar-refractivity contribution >= 4 is 30.4 Å². The normalized spacial score (nSPS) is 11.9. The van der Waals surface area contributed by atoms with Gasteiger partial charge in [0.25, 0.3) is 0 Å². The van der Waals surface area contributed by atoms with Gasteiger partial charge in [-0.2, -0.15) is 12.6 Å². The minimum absolute atomic E-state index is 0.188. The predicted octanol–water partition coefficient (Wildman–Crippen LogP) is -2.36. The molecule has 0 heterocycles. The van der Waals surface area contributed by atoms with Crippen molar-refractivity contribution in [2.75, 3.05) is 18.8 Å². The van der Waals surface area contributed by atoms with Gasteiger partial charge in [-0.25, -0.2) is 4.79 Å². The summed E-state index contributed by atoms with van der Waals surface area (Å²) in [5.41, 5.74) is 10.1. The van der Waals surface area contributed by atoms with Crippen LogP contribution in [0.2, 0.25) is 0 Å². The maximum Gasteiger partial charge on any atom is 0.327 e. The van der Waals surface area contributed by atoms with E-state index >= 15 is 0 Å². The highest BCUT2D eigenvalue weighted by molar-refractivity contribution is 7.80. The molecule has 0 saturated heterocycles. The van der Waals surface area contributed by atoms with E-state index < -0.39 is 36.9 Å². The van der Waals surface area contributed by atoms with Gasteiger partial charge in [-0.15, -0.1) is 0 Å². The van der Waals surface area contributed by atoms with Crippen LogP contribution in [0.1, 0.15) is 0 Å². The zero-order valence-corrected chi connectivity index (χ0v) is 8.81. The topological polar surface area (TPSA) is 127 Å². The Morgan fingerprint density at radius 1 is 1.20 bits per heavy atom. The Morgan fingerprint density at radius 3 is 1.80 bits per heavy atom. The molecule has 2 amide bonds. The quantitative estimate of drug-likeness (QED) is 0.395. The number of carboxylic acids is 1. The molecule has 0 rings (SSSR count). The first-order valence-electron chi connectivity index (χ1n) is 4.08. The average molecular weight is 235 g/mol. The van der Waals surface area contributed by atoms with Crippen LogP contribution in [0.15, 0.2) is 0 Å². The van der Waals surface area contributed by atoms with Gasteiger partial charge in [0.15, 0.2) is 0 Å². The number of nitrogens with zero attached hydrogens (tertiary/aromatic N) is 1. The van der Waals surface area contributed by atoms with E-state index in [0.29, 0.717) is 4.90 Å². The first kappa shape index (κ1) is 13.9. The van der Waals surface area contributed by atoms with E-state index in [0.717, 1.165) is 0 Å². The van der Waals surface area contributed by atoms with Gasteiger partial charge in [0.05, 0.1) is 13.1 Å². The molecule has 15 heavy (non-hydrogen) atoms. The Morgan fingerprint density at radius 2 is 1.60 bits per heavy atom. The number of amides is 2. The molecule has 0 saturated carbocycles. The lowest BCUT2D eigenvalue weighted by Gasteiger charge is -2.25. The Balaban J connectivity index is 4.98. The Bertz CT molecular complexity index is 255. The lowest BCUT2D eigenvalue weighted by molar-refractivity contribution is -0.155. The van der Waals surface area contributed by atoms with Gasteiger partial charge in [-0.05, 0) is 0 Å². The highest BCUT2D eigenvalue weighted by Crippen LogP contribution is 2.03. The number of thiol groups is 1. The van der Waals surface area contributed by atoms with Gasteiger partial charge in [0, 0.05) is 5.75 Å². The van der Waals surface area contributed by atoms with Gasteiger partial charge in [0.1, 0.15) is 6.04 Å². The predicted molar refractivity (Wildman–Crippen MR) is 55.2 cm³/mol. The first-order valence-corrected chi connectivity index (χ1v) is 4.71. The van der Waals surface area contributed by atoms with E-state index in [9.17, 15) is 14.4 Å². The Kier molecular flexibility index (Phi) is 5.90. The summed E-state index contributed by atoms with van der Waals surface area (Å²) in [6.45, 7) is -0.910. The summed E-state index contributed by atoms with van der Waals surface area (Å²) in [4.78, 5) is 33.8. The molecule has 0 aliphatic carbocycles. The smallest absolute Gasteiger partial charge is 0.327 e.